The van der Waals surface area contributed by atoms with Crippen molar-refractivity contribution in [3.63, 3.8) is 0 Å². The molecule has 0 aliphatic heterocycles. The number of amides is 1. The number of aromatic nitrogens is 1. The fraction of sp³-hybridized carbons (Fsp3) is 0.0588. The highest BCUT2D eigenvalue weighted by Gasteiger charge is 2.16. The average Bonchev–Trinajstić information content (AvgIpc) is 2.92. The van der Waals surface area contributed by atoms with Gasteiger partial charge in [0.05, 0.1) is 5.69 Å². The molecule has 6 heteroatoms. The van der Waals surface area contributed by atoms with Gasteiger partial charge in [0.25, 0.3) is 5.91 Å². The molecule has 2 aromatic carbocycles. The Kier molecular flexibility index (Phi) is 4.41. The molecule has 0 aliphatic carbocycles. The summed E-state index contributed by atoms with van der Waals surface area (Å²) in [6.45, 7) is 1.79. The van der Waals surface area contributed by atoms with Crippen LogP contribution >= 0.6 is 22.9 Å². The molecule has 1 amide bonds. The van der Waals surface area contributed by atoms with Gasteiger partial charge in [0.2, 0.25) is 0 Å². The smallest absolute Gasteiger partial charge is 0.267 e. The van der Waals surface area contributed by atoms with E-state index in [0.29, 0.717) is 21.3 Å². The molecule has 0 spiro atoms. The largest absolute Gasteiger partial charge is 0.321 e. The van der Waals surface area contributed by atoms with Crippen LogP contribution in [0.5, 0.6) is 0 Å². The van der Waals surface area contributed by atoms with Crippen LogP contribution in [0.2, 0.25) is 5.02 Å². The number of hydrogen-bond donors (Lipinski definition) is 1. The first-order chi connectivity index (χ1) is 11.0. The Labute approximate surface area is 141 Å². The van der Waals surface area contributed by atoms with Gasteiger partial charge in [-0.05, 0) is 43.3 Å². The molecule has 3 rings (SSSR count). The van der Waals surface area contributed by atoms with Crippen LogP contribution < -0.4 is 5.32 Å². The lowest BCUT2D eigenvalue weighted by atomic mass is 10.2. The third-order valence-corrected chi connectivity index (χ3v) is 4.65. The molecule has 0 unspecified atom stereocenters. The van der Waals surface area contributed by atoms with E-state index in [9.17, 15) is 9.18 Å². The van der Waals surface area contributed by atoms with Crippen molar-refractivity contribution in [2.75, 3.05) is 5.32 Å². The lowest BCUT2D eigenvalue weighted by molar-refractivity contribution is 0.103. The quantitative estimate of drug-likeness (QED) is 0.711. The van der Waals surface area contributed by atoms with Crippen LogP contribution in [0.3, 0.4) is 0 Å². The van der Waals surface area contributed by atoms with Crippen molar-refractivity contribution in [3.8, 4) is 10.6 Å². The Balaban J connectivity index is 1.84. The molecule has 0 fully saturated rings. The molecule has 1 heterocycles. The normalized spacial score (nSPS) is 10.6. The van der Waals surface area contributed by atoms with Crippen LogP contribution in [-0.2, 0) is 0 Å². The van der Waals surface area contributed by atoms with Crippen molar-refractivity contribution in [1.82, 2.24) is 4.98 Å². The minimum absolute atomic E-state index is 0.258. The number of anilines is 1. The molecule has 0 atom stereocenters. The van der Waals surface area contributed by atoms with Crippen molar-refractivity contribution < 1.29 is 9.18 Å². The third-order valence-electron chi connectivity index (χ3n) is 3.20. The van der Waals surface area contributed by atoms with E-state index in [0.717, 1.165) is 10.6 Å². The SMILES string of the molecule is Cc1nc(-c2ccc(Cl)cc2)sc1C(=O)Nc1ccc(F)cc1. The highest BCUT2D eigenvalue weighted by atomic mass is 35.5. The highest BCUT2D eigenvalue weighted by Crippen LogP contribution is 2.29. The second-order valence-electron chi connectivity index (χ2n) is 4.90. The van der Waals surface area contributed by atoms with Gasteiger partial charge < -0.3 is 5.32 Å². The van der Waals surface area contributed by atoms with Crippen molar-refractivity contribution in [1.29, 1.82) is 0 Å². The number of rotatable bonds is 3. The molecule has 3 aromatic rings. The van der Waals surface area contributed by atoms with Gasteiger partial charge in [0, 0.05) is 16.3 Å². The van der Waals surface area contributed by atoms with E-state index >= 15 is 0 Å². The molecule has 0 saturated heterocycles. The van der Waals surface area contributed by atoms with Gasteiger partial charge in [0.15, 0.2) is 0 Å². The minimum atomic E-state index is -0.345. The van der Waals surface area contributed by atoms with Crippen LogP contribution in [0.15, 0.2) is 48.5 Å². The van der Waals surface area contributed by atoms with Crippen molar-refractivity contribution in [2.24, 2.45) is 0 Å². The Morgan fingerprint density at radius 1 is 1.13 bits per heavy atom. The van der Waals surface area contributed by atoms with Crippen molar-refractivity contribution in [3.05, 3.63) is 69.9 Å². The predicted molar refractivity (Wildman–Crippen MR) is 91.7 cm³/mol. The standard InChI is InChI=1S/C17H12ClFN2OS/c1-10-15(16(22)21-14-8-6-13(19)7-9-14)23-17(20-10)11-2-4-12(18)5-3-11/h2-9H,1H3,(H,21,22). The topological polar surface area (TPSA) is 42.0 Å². The van der Waals surface area contributed by atoms with E-state index in [1.807, 2.05) is 12.1 Å². The van der Waals surface area contributed by atoms with Gasteiger partial charge in [-0.25, -0.2) is 9.37 Å². The van der Waals surface area contributed by atoms with Crippen LogP contribution in [-0.4, -0.2) is 10.9 Å². The molecule has 3 nitrogen and oxygen atoms in total. The molecule has 23 heavy (non-hydrogen) atoms. The maximum Gasteiger partial charge on any atom is 0.267 e. The van der Waals surface area contributed by atoms with Crippen molar-refractivity contribution in [2.45, 2.75) is 6.92 Å². The average molecular weight is 347 g/mol. The molecule has 1 aromatic heterocycles. The number of carbonyl (C=O) groups excluding carboxylic acids is 1. The molecular weight excluding hydrogens is 335 g/mol. The summed E-state index contributed by atoms with van der Waals surface area (Å²) in [4.78, 5) is 17.3. The van der Waals surface area contributed by atoms with Crippen LogP contribution in [0, 0.1) is 12.7 Å². The lowest BCUT2D eigenvalue weighted by Gasteiger charge is -2.03. The first kappa shape index (κ1) is 15.6. The van der Waals surface area contributed by atoms with Gasteiger partial charge >= 0.3 is 0 Å². The fourth-order valence-electron chi connectivity index (χ4n) is 2.04. The zero-order valence-electron chi connectivity index (χ0n) is 12.1. The maximum absolute atomic E-state index is 12.9. The summed E-state index contributed by atoms with van der Waals surface area (Å²) in [5.74, 6) is -0.603. The van der Waals surface area contributed by atoms with Crippen LogP contribution in [0.25, 0.3) is 10.6 Å². The molecule has 0 radical (unpaired) electrons. The second-order valence-corrected chi connectivity index (χ2v) is 6.34. The molecule has 0 aliphatic rings. The Morgan fingerprint density at radius 3 is 2.43 bits per heavy atom. The first-order valence-corrected chi connectivity index (χ1v) is 8.02. The third kappa shape index (κ3) is 3.57. The fourth-order valence-corrected chi connectivity index (χ4v) is 3.14. The minimum Gasteiger partial charge on any atom is -0.321 e. The summed E-state index contributed by atoms with van der Waals surface area (Å²) >= 11 is 7.19. The lowest BCUT2D eigenvalue weighted by Crippen LogP contribution is -2.11. The van der Waals surface area contributed by atoms with E-state index < -0.39 is 0 Å². The summed E-state index contributed by atoms with van der Waals surface area (Å²) < 4.78 is 12.9. The van der Waals surface area contributed by atoms with E-state index in [4.69, 9.17) is 11.6 Å². The van der Waals surface area contributed by atoms with E-state index in [-0.39, 0.29) is 11.7 Å². The second kappa shape index (κ2) is 6.48. The van der Waals surface area contributed by atoms with Gasteiger partial charge in [-0.3, -0.25) is 4.79 Å². The number of benzene rings is 2. The molecular formula is C17H12ClFN2OS. The number of nitrogens with zero attached hydrogens (tertiary/aromatic N) is 1. The summed E-state index contributed by atoms with van der Waals surface area (Å²) in [6.07, 6.45) is 0. The molecule has 0 saturated carbocycles. The monoisotopic (exact) mass is 346 g/mol. The predicted octanol–water partition coefficient (Wildman–Crippen LogP) is 5.16. The number of aryl methyl sites for hydroxylation is 1. The Hall–Kier alpha value is -2.24. The molecule has 1 N–H and O–H groups in total. The summed E-state index contributed by atoms with van der Waals surface area (Å²) in [5, 5.41) is 4.15. The Morgan fingerprint density at radius 2 is 1.78 bits per heavy atom. The van der Waals surface area contributed by atoms with E-state index in [1.165, 1.54) is 35.6 Å². The number of hydrogen-bond acceptors (Lipinski definition) is 3. The van der Waals surface area contributed by atoms with Gasteiger partial charge in [-0.1, -0.05) is 23.7 Å². The number of nitrogens with one attached hydrogen (secondary N) is 1. The van der Waals surface area contributed by atoms with Crippen LogP contribution in [0.1, 0.15) is 15.4 Å². The Bertz CT molecular complexity index is 844. The summed E-state index contributed by atoms with van der Waals surface area (Å²) in [5.41, 5.74) is 2.10. The van der Waals surface area contributed by atoms with Gasteiger partial charge in [-0.2, -0.15) is 0 Å². The molecule has 116 valence electrons. The zero-order valence-corrected chi connectivity index (χ0v) is 13.7. The number of thiazole rings is 1. The number of halogens is 2. The summed E-state index contributed by atoms with van der Waals surface area (Å²) in [7, 11) is 0. The van der Waals surface area contributed by atoms with E-state index in [1.54, 1.807) is 19.1 Å². The van der Waals surface area contributed by atoms with Gasteiger partial charge in [-0.15, -0.1) is 11.3 Å². The maximum atomic E-state index is 12.9. The van der Waals surface area contributed by atoms with E-state index in [2.05, 4.69) is 10.3 Å². The van der Waals surface area contributed by atoms with Gasteiger partial charge in [0.1, 0.15) is 15.7 Å². The molecule has 0 bridgehead atoms. The first-order valence-electron chi connectivity index (χ1n) is 6.83. The summed E-state index contributed by atoms with van der Waals surface area (Å²) in [6, 6.07) is 12.9. The highest BCUT2D eigenvalue weighted by molar-refractivity contribution is 7.17. The van der Waals surface area contributed by atoms with Crippen molar-refractivity contribution >= 4 is 34.5 Å². The zero-order chi connectivity index (χ0) is 16.4. The van der Waals surface area contributed by atoms with Crippen LogP contribution in [0.4, 0.5) is 10.1 Å². The number of carbonyl (C=O) groups is 1.